The number of carbonyl (C=O) groups excluding carboxylic acids is 1. The maximum atomic E-state index is 11.6. The van der Waals surface area contributed by atoms with Crippen LogP contribution in [0.4, 0.5) is 0 Å². The van der Waals surface area contributed by atoms with Crippen LogP contribution in [-0.2, 0) is 4.79 Å². The standard InChI is InChI=1S/C14H12O3S/c15-11-6-8-13(9-7-11)18-10-14(16)17-12-4-2-1-3-5-12/h1-9,15H,10H2. The van der Waals surface area contributed by atoms with Crippen LogP contribution in [0.3, 0.4) is 0 Å². The molecule has 0 amide bonds. The molecule has 0 unspecified atom stereocenters. The van der Waals surface area contributed by atoms with E-state index in [1.807, 2.05) is 18.2 Å². The Kier molecular flexibility index (Phi) is 4.25. The number of para-hydroxylation sites is 1. The summed E-state index contributed by atoms with van der Waals surface area (Å²) in [7, 11) is 0. The number of carbonyl (C=O) groups is 1. The van der Waals surface area contributed by atoms with Gasteiger partial charge in [-0.15, -0.1) is 11.8 Å². The molecule has 0 saturated heterocycles. The first-order chi connectivity index (χ1) is 8.74. The van der Waals surface area contributed by atoms with Crippen LogP contribution in [0.25, 0.3) is 0 Å². The zero-order valence-corrected chi connectivity index (χ0v) is 10.4. The van der Waals surface area contributed by atoms with E-state index in [1.165, 1.54) is 11.8 Å². The van der Waals surface area contributed by atoms with Crippen LogP contribution < -0.4 is 4.74 Å². The number of aromatic hydroxyl groups is 1. The quantitative estimate of drug-likeness (QED) is 0.521. The molecule has 0 fully saturated rings. The Hall–Kier alpha value is -1.94. The van der Waals surface area contributed by atoms with E-state index in [9.17, 15) is 4.79 Å². The summed E-state index contributed by atoms with van der Waals surface area (Å²) in [6, 6.07) is 15.7. The number of hydrogen-bond acceptors (Lipinski definition) is 4. The molecule has 4 heteroatoms. The van der Waals surface area contributed by atoms with E-state index >= 15 is 0 Å². The van der Waals surface area contributed by atoms with Crippen molar-refractivity contribution in [2.45, 2.75) is 4.90 Å². The predicted molar refractivity (Wildman–Crippen MR) is 70.9 cm³/mol. The zero-order valence-electron chi connectivity index (χ0n) is 9.58. The van der Waals surface area contributed by atoms with E-state index in [-0.39, 0.29) is 17.5 Å². The van der Waals surface area contributed by atoms with Gasteiger partial charge in [0, 0.05) is 4.90 Å². The van der Waals surface area contributed by atoms with Crippen molar-refractivity contribution in [1.82, 2.24) is 0 Å². The molecule has 0 spiro atoms. The molecule has 0 aromatic heterocycles. The number of phenolic OH excluding ortho intramolecular Hbond substituents is 1. The minimum atomic E-state index is -0.292. The molecule has 2 aromatic rings. The Morgan fingerprint density at radius 3 is 2.39 bits per heavy atom. The fraction of sp³-hybridized carbons (Fsp3) is 0.0714. The van der Waals surface area contributed by atoms with Crippen LogP contribution in [0.1, 0.15) is 0 Å². The Morgan fingerprint density at radius 2 is 1.72 bits per heavy atom. The number of phenols is 1. The van der Waals surface area contributed by atoms with Gasteiger partial charge in [-0.25, -0.2) is 0 Å². The third-order valence-corrected chi connectivity index (χ3v) is 3.15. The average Bonchev–Trinajstić information content (AvgIpc) is 2.39. The highest BCUT2D eigenvalue weighted by Gasteiger charge is 2.05. The first kappa shape index (κ1) is 12.5. The van der Waals surface area contributed by atoms with Crippen molar-refractivity contribution < 1.29 is 14.6 Å². The molecule has 1 N–H and O–H groups in total. The molecule has 2 rings (SSSR count). The van der Waals surface area contributed by atoms with E-state index in [2.05, 4.69) is 0 Å². The summed E-state index contributed by atoms with van der Waals surface area (Å²) < 4.78 is 5.15. The van der Waals surface area contributed by atoms with E-state index in [0.29, 0.717) is 5.75 Å². The molecule has 0 aliphatic rings. The van der Waals surface area contributed by atoms with Gasteiger partial charge in [0.1, 0.15) is 11.5 Å². The summed E-state index contributed by atoms with van der Waals surface area (Å²) in [6.07, 6.45) is 0. The van der Waals surface area contributed by atoms with Crippen LogP contribution >= 0.6 is 11.8 Å². The fourth-order valence-electron chi connectivity index (χ4n) is 1.33. The molecule has 3 nitrogen and oxygen atoms in total. The fourth-order valence-corrected chi connectivity index (χ4v) is 2.01. The van der Waals surface area contributed by atoms with Crippen molar-refractivity contribution in [3.8, 4) is 11.5 Å². The van der Waals surface area contributed by atoms with E-state index in [4.69, 9.17) is 9.84 Å². The molecular formula is C14H12O3S. The van der Waals surface area contributed by atoms with Crippen LogP contribution in [0, 0.1) is 0 Å². The number of hydrogen-bond donors (Lipinski definition) is 1. The number of ether oxygens (including phenoxy) is 1. The number of rotatable bonds is 4. The lowest BCUT2D eigenvalue weighted by Gasteiger charge is -2.04. The summed E-state index contributed by atoms with van der Waals surface area (Å²) in [5.41, 5.74) is 0. The SMILES string of the molecule is O=C(CSc1ccc(O)cc1)Oc1ccccc1. The highest BCUT2D eigenvalue weighted by Crippen LogP contribution is 2.21. The number of thioether (sulfide) groups is 1. The Bertz CT molecular complexity index is 508. The molecule has 18 heavy (non-hydrogen) atoms. The van der Waals surface area contributed by atoms with Crippen molar-refractivity contribution >= 4 is 17.7 Å². The van der Waals surface area contributed by atoms with Gasteiger partial charge in [0.2, 0.25) is 0 Å². The van der Waals surface area contributed by atoms with Gasteiger partial charge >= 0.3 is 5.97 Å². The maximum absolute atomic E-state index is 11.6. The summed E-state index contributed by atoms with van der Waals surface area (Å²) in [4.78, 5) is 12.5. The van der Waals surface area contributed by atoms with Gasteiger partial charge in [0.05, 0.1) is 5.75 Å². The van der Waals surface area contributed by atoms with Crippen molar-refractivity contribution in [3.05, 3.63) is 54.6 Å². The number of benzene rings is 2. The second-order valence-electron chi connectivity index (χ2n) is 3.57. The number of esters is 1. The van der Waals surface area contributed by atoms with Crippen LogP contribution in [0.2, 0.25) is 0 Å². The van der Waals surface area contributed by atoms with E-state index in [1.54, 1.807) is 36.4 Å². The molecule has 0 aliphatic carbocycles. The maximum Gasteiger partial charge on any atom is 0.321 e. The molecule has 0 bridgehead atoms. The van der Waals surface area contributed by atoms with Gasteiger partial charge in [0.25, 0.3) is 0 Å². The molecule has 0 radical (unpaired) electrons. The normalized spacial score (nSPS) is 10.0. The van der Waals surface area contributed by atoms with Crippen LogP contribution in [0.15, 0.2) is 59.5 Å². The predicted octanol–water partition coefficient (Wildman–Crippen LogP) is 3.09. The van der Waals surface area contributed by atoms with Crippen molar-refractivity contribution in [1.29, 1.82) is 0 Å². The lowest BCUT2D eigenvalue weighted by atomic mass is 10.3. The van der Waals surface area contributed by atoms with Gasteiger partial charge in [-0.2, -0.15) is 0 Å². The van der Waals surface area contributed by atoms with Crippen molar-refractivity contribution in [2.24, 2.45) is 0 Å². The van der Waals surface area contributed by atoms with Crippen molar-refractivity contribution in [2.75, 3.05) is 5.75 Å². The molecule has 92 valence electrons. The molecule has 0 saturated carbocycles. The monoisotopic (exact) mass is 260 g/mol. The highest BCUT2D eigenvalue weighted by molar-refractivity contribution is 8.00. The summed E-state index contributed by atoms with van der Waals surface area (Å²) in [5.74, 6) is 0.707. The van der Waals surface area contributed by atoms with Crippen LogP contribution in [0.5, 0.6) is 11.5 Å². The third-order valence-electron chi connectivity index (χ3n) is 2.17. The minimum Gasteiger partial charge on any atom is -0.508 e. The first-order valence-electron chi connectivity index (χ1n) is 5.41. The molecular weight excluding hydrogens is 248 g/mol. The molecule has 0 atom stereocenters. The second kappa shape index (κ2) is 6.12. The van der Waals surface area contributed by atoms with Crippen molar-refractivity contribution in [3.63, 3.8) is 0 Å². The first-order valence-corrected chi connectivity index (χ1v) is 6.40. The highest BCUT2D eigenvalue weighted by atomic mass is 32.2. The summed E-state index contributed by atoms with van der Waals surface area (Å²) >= 11 is 1.37. The Morgan fingerprint density at radius 1 is 1.06 bits per heavy atom. The second-order valence-corrected chi connectivity index (χ2v) is 4.62. The van der Waals surface area contributed by atoms with Gasteiger partial charge in [0.15, 0.2) is 0 Å². The topological polar surface area (TPSA) is 46.5 Å². The average molecular weight is 260 g/mol. The minimum absolute atomic E-state index is 0.214. The van der Waals surface area contributed by atoms with Gasteiger partial charge in [-0.3, -0.25) is 4.79 Å². The van der Waals surface area contributed by atoms with Gasteiger partial charge in [-0.1, -0.05) is 18.2 Å². The van der Waals surface area contributed by atoms with Gasteiger partial charge in [-0.05, 0) is 36.4 Å². The lowest BCUT2D eigenvalue weighted by molar-refractivity contribution is -0.131. The molecule has 0 aliphatic heterocycles. The van der Waals surface area contributed by atoms with E-state index < -0.39 is 0 Å². The lowest BCUT2D eigenvalue weighted by Crippen LogP contribution is -2.10. The third kappa shape index (κ3) is 3.82. The van der Waals surface area contributed by atoms with E-state index in [0.717, 1.165) is 4.90 Å². The molecule has 2 aromatic carbocycles. The van der Waals surface area contributed by atoms with Gasteiger partial charge < -0.3 is 9.84 Å². The zero-order chi connectivity index (χ0) is 12.8. The Balaban J connectivity index is 1.83. The summed E-state index contributed by atoms with van der Waals surface area (Å²) in [6.45, 7) is 0. The largest absolute Gasteiger partial charge is 0.508 e. The molecule has 0 heterocycles. The smallest absolute Gasteiger partial charge is 0.321 e. The van der Waals surface area contributed by atoms with Crippen LogP contribution in [-0.4, -0.2) is 16.8 Å². The summed E-state index contributed by atoms with van der Waals surface area (Å²) in [5, 5.41) is 9.13. The Labute approximate surface area is 109 Å².